The Kier molecular flexibility index (Phi) is 4.49. The number of nitrogen functional groups attached to an aromatic ring is 1. The van der Waals surface area contributed by atoms with E-state index in [2.05, 4.69) is 9.88 Å². The van der Waals surface area contributed by atoms with Crippen molar-refractivity contribution in [3.8, 4) is 0 Å². The molecule has 1 aliphatic heterocycles. The van der Waals surface area contributed by atoms with Crippen LogP contribution in [0.5, 0.6) is 0 Å². The van der Waals surface area contributed by atoms with Gasteiger partial charge in [0.05, 0.1) is 0 Å². The van der Waals surface area contributed by atoms with Crippen LogP contribution in [0.3, 0.4) is 0 Å². The SMILES string of the molecule is Nc1ccc(CN2CCCC2)cc1C(=O)Cc1cccnc1. The number of rotatable bonds is 5. The number of aromatic nitrogens is 1. The van der Waals surface area contributed by atoms with Crippen LogP contribution in [0.2, 0.25) is 0 Å². The van der Waals surface area contributed by atoms with E-state index < -0.39 is 0 Å². The number of pyridine rings is 1. The number of hydrogen-bond donors (Lipinski definition) is 1. The molecule has 114 valence electrons. The molecule has 0 amide bonds. The average molecular weight is 295 g/mol. The molecule has 1 saturated heterocycles. The molecule has 4 heteroatoms. The van der Waals surface area contributed by atoms with Crippen LogP contribution in [0, 0.1) is 0 Å². The van der Waals surface area contributed by atoms with Gasteiger partial charge >= 0.3 is 0 Å². The average Bonchev–Trinajstić information content (AvgIpc) is 3.03. The van der Waals surface area contributed by atoms with Crippen molar-refractivity contribution in [1.29, 1.82) is 0 Å². The van der Waals surface area contributed by atoms with E-state index in [0.29, 0.717) is 17.7 Å². The molecule has 0 bridgehead atoms. The Morgan fingerprint density at radius 1 is 1.18 bits per heavy atom. The van der Waals surface area contributed by atoms with E-state index in [-0.39, 0.29) is 5.78 Å². The third kappa shape index (κ3) is 3.52. The first-order chi connectivity index (χ1) is 10.7. The minimum absolute atomic E-state index is 0.0498. The summed E-state index contributed by atoms with van der Waals surface area (Å²) >= 11 is 0. The maximum absolute atomic E-state index is 12.5. The number of nitrogens with two attached hydrogens (primary N) is 1. The lowest BCUT2D eigenvalue weighted by Crippen LogP contribution is -2.19. The topological polar surface area (TPSA) is 59.2 Å². The van der Waals surface area contributed by atoms with E-state index in [4.69, 9.17) is 5.73 Å². The fourth-order valence-electron chi connectivity index (χ4n) is 2.93. The number of carbonyl (C=O) groups excluding carboxylic acids is 1. The summed E-state index contributed by atoms with van der Waals surface area (Å²) < 4.78 is 0. The number of Topliss-reactive ketones (excluding diaryl/α,β-unsaturated/α-hetero) is 1. The van der Waals surface area contributed by atoms with Gasteiger partial charge in [-0.3, -0.25) is 14.7 Å². The molecule has 0 saturated carbocycles. The Morgan fingerprint density at radius 2 is 2.00 bits per heavy atom. The summed E-state index contributed by atoms with van der Waals surface area (Å²) in [6.45, 7) is 3.18. The predicted octanol–water partition coefficient (Wildman–Crippen LogP) is 2.69. The summed E-state index contributed by atoms with van der Waals surface area (Å²) in [5.74, 6) is 0.0498. The number of ketones is 1. The lowest BCUT2D eigenvalue weighted by Gasteiger charge is -2.15. The van der Waals surface area contributed by atoms with E-state index in [1.807, 2.05) is 30.3 Å². The van der Waals surface area contributed by atoms with E-state index in [0.717, 1.165) is 30.8 Å². The first kappa shape index (κ1) is 14.7. The van der Waals surface area contributed by atoms with E-state index in [1.165, 1.54) is 12.8 Å². The number of likely N-dealkylation sites (tertiary alicyclic amines) is 1. The quantitative estimate of drug-likeness (QED) is 0.680. The molecule has 4 nitrogen and oxygen atoms in total. The van der Waals surface area contributed by atoms with Gasteiger partial charge in [-0.2, -0.15) is 0 Å². The Labute approximate surface area is 131 Å². The van der Waals surface area contributed by atoms with Gasteiger partial charge < -0.3 is 5.73 Å². The molecule has 3 rings (SSSR count). The fraction of sp³-hybridized carbons (Fsp3) is 0.333. The zero-order valence-electron chi connectivity index (χ0n) is 12.7. The van der Waals surface area contributed by atoms with Crippen molar-refractivity contribution in [1.82, 2.24) is 9.88 Å². The number of hydrogen-bond acceptors (Lipinski definition) is 4. The summed E-state index contributed by atoms with van der Waals surface area (Å²) in [5, 5.41) is 0. The van der Waals surface area contributed by atoms with Gasteiger partial charge in [-0.05, 0) is 55.3 Å². The van der Waals surface area contributed by atoms with Gasteiger partial charge in [0.1, 0.15) is 0 Å². The minimum atomic E-state index is 0.0498. The molecule has 0 unspecified atom stereocenters. The smallest absolute Gasteiger partial charge is 0.169 e. The van der Waals surface area contributed by atoms with E-state index in [1.54, 1.807) is 12.4 Å². The molecule has 2 aromatic rings. The molecule has 0 spiro atoms. The normalized spacial score (nSPS) is 15.1. The minimum Gasteiger partial charge on any atom is -0.398 e. The number of anilines is 1. The van der Waals surface area contributed by atoms with Gasteiger partial charge in [0.25, 0.3) is 0 Å². The summed E-state index contributed by atoms with van der Waals surface area (Å²) in [4.78, 5) is 19.0. The highest BCUT2D eigenvalue weighted by Gasteiger charge is 2.15. The van der Waals surface area contributed by atoms with Crippen LogP contribution < -0.4 is 5.73 Å². The highest BCUT2D eigenvalue weighted by molar-refractivity contribution is 6.02. The third-order valence-electron chi connectivity index (χ3n) is 4.11. The molecule has 1 aromatic carbocycles. The van der Waals surface area contributed by atoms with Gasteiger partial charge in [-0.15, -0.1) is 0 Å². The fourth-order valence-corrected chi connectivity index (χ4v) is 2.93. The first-order valence-corrected chi connectivity index (χ1v) is 7.75. The zero-order valence-corrected chi connectivity index (χ0v) is 12.7. The standard InChI is InChI=1S/C18H21N3O/c19-17-6-5-15(13-21-8-1-2-9-21)10-16(17)18(22)11-14-4-3-7-20-12-14/h3-7,10,12H,1-2,8-9,11,13,19H2. The van der Waals surface area contributed by atoms with Gasteiger partial charge in [0.2, 0.25) is 0 Å². The van der Waals surface area contributed by atoms with Crippen molar-refractivity contribution >= 4 is 11.5 Å². The van der Waals surface area contributed by atoms with Crippen LogP contribution in [-0.4, -0.2) is 28.8 Å². The van der Waals surface area contributed by atoms with Crippen LogP contribution in [-0.2, 0) is 13.0 Å². The molecule has 0 aliphatic carbocycles. The van der Waals surface area contributed by atoms with Gasteiger partial charge in [0, 0.05) is 36.6 Å². The van der Waals surface area contributed by atoms with Crippen molar-refractivity contribution in [2.75, 3.05) is 18.8 Å². The van der Waals surface area contributed by atoms with Crippen molar-refractivity contribution in [3.05, 3.63) is 59.4 Å². The van der Waals surface area contributed by atoms with Crippen LogP contribution in [0.1, 0.15) is 34.3 Å². The second-order valence-corrected chi connectivity index (χ2v) is 5.87. The molecule has 1 aliphatic rings. The van der Waals surface area contributed by atoms with Crippen molar-refractivity contribution < 1.29 is 4.79 Å². The first-order valence-electron chi connectivity index (χ1n) is 7.75. The molecular formula is C18H21N3O. The Morgan fingerprint density at radius 3 is 2.73 bits per heavy atom. The summed E-state index contributed by atoms with van der Waals surface area (Å²) in [6.07, 6.45) is 6.30. The predicted molar refractivity (Wildman–Crippen MR) is 87.6 cm³/mol. The molecule has 22 heavy (non-hydrogen) atoms. The number of carbonyl (C=O) groups is 1. The Hall–Kier alpha value is -2.20. The van der Waals surface area contributed by atoms with Gasteiger partial charge in [-0.25, -0.2) is 0 Å². The van der Waals surface area contributed by atoms with Crippen LogP contribution in [0.25, 0.3) is 0 Å². The summed E-state index contributed by atoms with van der Waals surface area (Å²) in [5.41, 5.74) is 9.25. The molecule has 0 radical (unpaired) electrons. The monoisotopic (exact) mass is 295 g/mol. The van der Waals surface area contributed by atoms with Crippen molar-refractivity contribution in [2.24, 2.45) is 0 Å². The lowest BCUT2D eigenvalue weighted by molar-refractivity contribution is 0.0993. The van der Waals surface area contributed by atoms with Gasteiger partial charge in [-0.1, -0.05) is 12.1 Å². The van der Waals surface area contributed by atoms with Crippen LogP contribution in [0.4, 0.5) is 5.69 Å². The van der Waals surface area contributed by atoms with E-state index >= 15 is 0 Å². The summed E-state index contributed by atoms with van der Waals surface area (Å²) in [6, 6.07) is 9.58. The van der Waals surface area contributed by atoms with E-state index in [9.17, 15) is 4.79 Å². The second-order valence-electron chi connectivity index (χ2n) is 5.87. The molecule has 1 fully saturated rings. The van der Waals surface area contributed by atoms with Gasteiger partial charge in [0.15, 0.2) is 5.78 Å². The number of benzene rings is 1. The highest BCUT2D eigenvalue weighted by atomic mass is 16.1. The molecule has 2 N–H and O–H groups in total. The molecule has 1 aromatic heterocycles. The maximum Gasteiger partial charge on any atom is 0.169 e. The highest BCUT2D eigenvalue weighted by Crippen LogP contribution is 2.19. The van der Waals surface area contributed by atoms with Crippen molar-refractivity contribution in [3.63, 3.8) is 0 Å². The third-order valence-corrected chi connectivity index (χ3v) is 4.11. The van der Waals surface area contributed by atoms with Crippen molar-refractivity contribution in [2.45, 2.75) is 25.8 Å². The zero-order chi connectivity index (χ0) is 15.4. The van der Waals surface area contributed by atoms with Crippen LogP contribution >= 0.6 is 0 Å². The molecule has 2 heterocycles. The van der Waals surface area contributed by atoms with Crippen LogP contribution in [0.15, 0.2) is 42.7 Å². The number of nitrogens with zero attached hydrogens (tertiary/aromatic N) is 2. The largest absolute Gasteiger partial charge is 0.398 e. The second kappa shape index (κ2) is 6.71. The molecule has 0 atom stereocenters. The Balaban J connectivity index is 1.75. The molecular weight excluding hydrogens is 274 g/mol. The lowest BCUT2D eigenvalue weighted by atomic mass is 10.00. The maximum atomic E-state index is 12.5. The summed E-state index contributed by atoms with van der Waals surface area (Å²) in [7, 11) is 0. The Bertz CT molecular complexity index is 649.